The zero-order chi connectivity index (χ0) is 16.7. The van der Waals surface area contributed by atoms with Crippen LogP contribution in [0.25, 0.3) is 12.2 Å². The molecule has 116 valence electrons. The van der Waals surface area contributed by atoms with E-state index in [0.717, 1.165) is 11.1 Å². The molecule has 0 saturated carbocycles. The van der Waals surface area contributed by atoms with Crippen LogP contribution in [0.3, 0.4) is 0 Å². The van der Waals surface area contributed by atoms with E-state index >= 15 is 0 Å². The Morgan fingerprint density at radius 3 is 1.87 bits per heavy atom. The molecule has 0 N–H and O–H groups in total. The molecule has 0 atom stereocenters. The van der Waals surface area contributed by atoms with Gasteiger partial charge >= 0.3 is 0 Å². The van der Waals surface area contributed by atoms with Crippen molar-refractivity contribution in [2.75, 3.05) is 7.11 Å². The number of allylic oxidation sites excluding steroid dienone is 2. The van der Waals surface area contributed by atoms with E-state index in [0.29, 0.717) is 11.3 Å². The van der Waals surface area contributed by atoms with Gasteiger partial charge in [0.25, 0.3) is 0 Å². The molecule has 0 spiro atoms. The second kappa shape index (κ2) is 8.11. The van der Waals surface area contributed by atoms with Crippen LogP contribution in [-0.4, -0.2) is 18.1 Å². The summed E-state index contributed by atoms with van der Waals surface area (Å²) in [5.41, 5.74) is 2.35. The SMILES string of the molecule is COc1ccc(C(=O)C=Cc2ccc(C=CC(=O)Cl)cc2)cc1. The quantitative estimate of drug-likeness (QED) is 0.450. The highest BCUT2D eigenvalue weighted by Crippen LogP contribution is 2.13. The third-order valence-electron chi connectivity index (χ3n) is 3.14. The van der Waals surface area contributed by atoms with E-state index in [1.165, 1.54) is 12.2 Å². The van der Waals surface area contributed by atoms with Gasteiger partial charge in [0.15, 0.2) is 5.78 Å². The van der Waals surface area contributed by atoms with Gasteiger partial charge in [-0.25, -0.2) is 0 Å². The lowest BCUT2D eigenvalue weighted by Gasteiger charge is -2.00. The summed E-state index contributed by atoms with van der Waals surface area (Å²) in [7, 11) is 1.58. The van der Waals surface area contributed by atoms with Crippen LogP contribution in [0.2, 0.25) is 0 Å². The number of benzene rings is 2. The molecule has 0 radical (unpaired) electrons. The molecule has 0 amide bonds. The maximum atomic E-state index is 12.1. The highest BCUT2D eigenvalue weighted by Gasteiger charge is 2.01. The van der Waals surface area contributed by atoms with E-state index in [4.69, 9.17) is 16.3 Å². The van der Waals surface area contributed by atoms with Gasteiger partial charge in [0.1, 0.15) is 5.75 Å². The number of methoxy groups -OCH3 is 1. The molecule has 0 unspecified atom stereocenters. The van der Waals surface area contributed by atoms with Crippen LogP contribution in [0.15, 0.2) is 60.7 Å². The molecule has 0 aliphatic carbocycles. The number of carbonyl (C=O) groups is 2. The zero-order valence-electron chi connectivity index (χ0n) is 12.5. The molecule has 2 rings (SSSR count). The standard InChI is InChI=1S/C19H15ClO3/c1-23-17-10-8-16(9-11-17)18(21)12-6-14-2-4-15(5-3-14)7-13-19(20)22/h2-13H,1H3. The third-order valence-corrected chi connectivity index (χ3v) is 3.27. The fourth-order valence-corrected chi connectivity index (χ4v) is 1.97. The van der Waals surface area contributed by atoms with Crippen molar-refractivity contribution in [2.45, 2.75) is 0 Å². The highest BCUT2D eigenvalue weighted by molar-refractivity contribution is 6.66. The molecule has 2 aromatic rings. The third kappa shape index (κ3) is 5.24. The van der Waals surface area contributed by atoms with E-state index in [9.17, 15) is 9.59 Å². The lowest BCUT2D eigenvalue weighted by Crippen LogP contribution is -1.94. The lowest BCUT2D eigenvalue weighted by atomic mass is 10.1. The van der Waals surface area contributed by atoms with Gasteiger partial charge in [0.05, 0.1) is 7.11 Å². The topological polar surface area (TPSA) is 43.4 Å². The molecule has 0 aromatic heterocycles. The Kier molecular flexibility index (Phi) is 5.89. The fraction of sp³-hybridized carbons (Fsp3) is 0.0526. The average Bonchev–Trinajstić information content (AvgIpc) is 2.58. The van der Waals surface area contributed by atoms with Crippen molar-refractivity contribution in [3.8, 4) is 5.75 Å². The van der Waals surface area contributed by atoms with Crippen LogP contribution in [0, 0.1) is 0 Å². The number of ketones is 1. The molecular weight excluding hydrogens is 312 g/mol. The van der Waals surface area contributed by atoms with Crippen LogP contribution < -0.4 is 4.74 Å². The average molecular weight is 327 g/mol. The van der Waals surface area contributed by atoms with Crippen molar-refractivity contribution in [3.05, 3.63) is 77.4 Å². The van der Waals surface area contributed by atoms with Crippen LogP contribution in [0.4, 0.5) is 0 Å². The van der Waals surface area contributed by atoms with Crippen LogP contribution >= 0.6 is 11.6 Å². The second-order valence-corrected chi connectivity index (χ2v) is 5.10. The number of ether oxygens (including phenoxy) is 1. The van der Waals surface area contributed by atoms with Gasteiger partial charge < -0.3 is 4.74 Å². The van der Waals surface area contributed by atoms with Crippen LogP contribution in [0.5, 0.6) is 5.75 Å². The number of hydrogen-bond acceptors (Lipinski definition) is 3. The van der Waals surface area contributed by atoms with E-state index in [1.807, 2.05) is 24.3 Å². The van der Waals surface area contributed by atoms with Gasteiger partial charge in [-0.15, -0.1) is 0 Å². The Morgan fingerprint density at radius 2 is 1.39 bits per heavy atom. The molecule has 0 aliphatic heterocycles. The smallest absolute Gasteiger partial charge is 0.245 e. The summed E-state index contributed by atoms with van der Waals surface area (Å²) in [5, 5.41) is -0.515. The Hall–Kier alpha value is -2.65. The Balaban J connectivity index is 2.04. The Morgan fingerprint density at radius 1 is 0.870 bits per heavy atom. The maximum absolute atomic E-state index is 12.1. The minimum absolute atomic E-state index is 0.0793. The van der Waals surface area contributed by atoms with Gasteiger partial charge in [-0.05, 0) is 59.1 Å². The van der Waals surface area contributed by atoms with Gasteiger partial charge in [0, 0.05) is 5.56 Å². The minimum atomic E-state index is -0.515. The minimum Gasteiger partial charge on any atom is -0.497 e. The molecule has 0 bridgehead atoms. The normalized spacial score (nSPS) is 11.0. The van der Waals surface area contributed by atoms with Crippen LogP contribution in [0.1, 0.15) is 21.5 Å². The Bertz CT molecular complexity index is 741. The second-order valence-electron chi connectivity index (χ2n) is 4.73. The largest absolute Gasteiger partial charge is 0.497 e. The van der Waals surface area contributed by atoms with Gasteiger partial charge in [-0.1, -0.05) is 36.4 Å². The van der Waals surface area contributed by atoms with Gasteiger partial charge in [0.2, 0.25) is 5.24 Å². The summed E-state index contributed by atoms with van der Waals surface area (Å²) in [6.45, 7) is 0. The van der Waals surface area contributed by atoms with E-state index in [1.54, 1.807) is 43.5 Å². The predicted molar refractivity (Wildman–Crippen MR) is 92.7 cm³/mol. The zero-order valence-corrected chi connectivity index (χ0v) is 13.3. The van der Waals surface area contributed by atoms with Crippen LogP contribution in [-0.2, 0) is 4.79 Å². The summed E-state index contributed by atoms with van der Waals surface area (Å²) in [6.07, 6.45) is 6.19. The molecular formula is C19H15ClO3. The van der Waals surface area contributed by atoms with E-state index in [2.05, 4.69) is 0 Å². The fourth-order valence-electron chi connectivity index (χ4n) is 1.90. The van der Waals surface area contributed by atoms with Crippen molar-refractivity contribution >= 4 is 34.8 Å². The lowest BCUT2D eigenvalue weighted by molar-refractivity contribution is -0.107. The molecule has 0 heterocycles. The molecule has 2 aromatic carbocycles. The maximum Gasteiger partial charge on any atom is 0.245 e. The van der Waals surface area contributed by atoms with E-state index < -0.39 is 5.24 Å². The highest BCUT2D eigenvalue weighted by atomic mass is 35.5. The van der Waals surface area contributed by atoms with Crippen molar-refractivity contribution in [2.24, 2.45) is 0 Å². The molecule has 0 fully saturated rings. The number of hydrogen-bond donors (Lipinski definition) is 0. The Labute approximate surface area is 139 Å². The number of carbonyl (C=O) groups excluding carboxylic acids is 2. The molecule has 0 aliphatic rings. The van der Waals surface area contributed by atoms with Gasteiger partial charge in [-0.2, -0.15) is 0 Å². The number of halogens is 1. The predicted octanol–water partition coefficient (Wildman–Crippen LogP) is 4.37. The first-order valence-electron chi connectivity index (χ1n) is 6.92. The first-order chi connectivity index (χ1) is 11.1. The summed E-state index contributed by atoms with van der Waals surface area (Å²) < 4.78 is 5.06. The number of rotatable bonds is 6. The van der Waals surface area contributed by atoms with Crippen molar-refractivity contribution in [1.29, 1.82) is 0 Å². The van der Waals surface area contributed by atoms with Gasteiger partial charge in [-0.3, -0.25) is 9.59 Å². The molecule has 23 heavy (non-hydrogen) atoms. The summed E-state index contributed by atoms with van der Waals surface area (Å²) >= 11 is 5.24. The molecule has 0 saturated heterocycles. The monoisotopic (exact) mass is 326 g/mol. The molecule has 4 heteroatoms. The first-order valence-corrected chi connectivity index (χ1v) is 7.30. The van der Waals surface area contributed by atoms with Crippen molar-refractivity contribution in [3.63, 3.8) is 0 Å². The first kappa shape index (κ1) is 16.7. The summed E-state index contributed by atoms with van der Waals surface area (Å²) in [6, 6.07) is 14.3. The molecule has 3 nitrogen and oxygen atoms in total. The van der Waals surface area contributed by atoms with Crippen molar-refractivity contribution in [1.82, 2.24) is 0 Å². The van der Waals surface area contributed by atoms with E-state index in [-0.39, 0.29) is 5.78 Å². The van der Waals surface area contributed by atoms with Crippen molar-refractivity contribution < 1.29 is 14.3 Å². The summed E-state index contributed by atoms with van der Waals surface area (Å²) in [4.78, 5) is 22.7. The summed E-state index contributed by atoms with van der Waals surface area (Å²) in [5.74, 6) is 0.633.